The van der Waals surface area contributed by atoms with Crippen LogP contribution in [0.5, 0.6) is 0 Å². The Labute approximate surface area is 251 Å². The van der Waals surface area contributed by atoms with Crippen molar-refractivity contribution in [1.82, 2.24) is 19.7 Å². The number of nitrogens with zero attached hydrogens (tertiary/aromatic N) is 4. The number of pyridine rings is 1. The van der Waals surface area contributed by atoms with E-state index < -0.39 is 50.3 Å². The van der Waals surface area contributed by atoms with Gasteiger partial charge >= 0.3 is 12.2 Å². The number of halogens is 1. The zero-order chi connectivity index (χ0) is 31.4. The van der Waals surface area contributed by atoms with Crippen molar-refractivity contribution >= 4 is 43.3 Å². The third-order valence-corrected chi connectivity index (χ3v) is 12.3. The number of alkyl halides is 1. The minimum absolute atomic E-state index is 0.0234. The predicted octanol–water partition coefficient (Wildman–Crippen LogP) is 5.90. The minimum Gasteiger partial charge on any atom is -0.445 e. The van der Waals surface area contributed by atoms with E-state index in [9.17, 15) is 14.4 Å². The smallest absolute Gasteiger partial charge is 0.435 e. The highest BCUT2D eigenvalue weighted by Gasteiger charge is 2.52. The van der Waals surface area contributed by atoms with Crippen LogP contribution in [0.1, 0.15) is 47.1 Å². The second kappa shape index (κ2) is 13.2. The third kappa shape index (κ3) is 7.39. The number of carbonyl (C=O) groups excluding carboxylic acids is 3. The van der Waals surface area contributed by atoms with Gasteiger partial charge in [0.05, 0.1) is 18.3 Å². The molecule has 43 heavy (non-hydrogen) atoms. The monoisotopic (exact) mass is 613 g/mol. The highest BCUT2D eigenvalue weighted by Crippen LogP contribution is 2.33. The molecule has 13 heteroatoms. The number of fused-ring (bicyclic) bond motifs is 1. The molecule has 0 radical (unpaired) electrons. The number of rotatable bonds is 9. The molecule has 1 saturated heterocycles. The lowest BCUT2D eigenvalue weighted by atomic mass is 10.1. The average molecular weight is 614 g/mol. The molecular weight excluding hydrogens is 573 g/mol. The Morgan fingerprint density at radius 1 is 1.02 bits per heavy atom. The first-order valence-corrected chi connectivity index (χ1v) is 17.1. The Hall–Kier alpha value is -3.84. The van der Waals surface area contributed by atoms with E-state index >= 15 is 4.39 Å². The molecule has 2 aromatic heterocycles. The van der Waals surface area contributed by atoms with Crippen LogP contribution in [0.25, 0.3) is 11.0 Å². The van der Waals surface area contributed by atoms with Crippen molar-refractivity contribution in [3.05, 3.63) is 54.2 Å². The normalized spacial score (nSPS) is 19.0. The van der Waals surface area contributed by atoms with Crippen molar-refractivity contribution < 1.29 is 32.7 Å². The molecule has 232 valence electrons. The molecule has 0 saturated carbocycles. The number of likely N-dealkylation sites (tertiary alicyclic amines) is 1. The molecule has 1 aromatic carbocycles. The fraction of sp³-hybridized carbons (Fsp3) is 0.500. The van der Waals surface area contributed by atoms with Crippen LogP contribution < -0.4 is 5.32 Å². The summed E-state index contributed by atoms with van der Waals surface area (Å²) in [5.74, 6) is -0.510. The molecular formula is C30H40FN5O6Si. The largest absolute Gasteiger partial charge is 0.445 e. The molecule has 1 fully saturated rings. The van der Waals surface area contributed by atoms with Gasteiger partial charge in [0, 0.05) is 0 Å². The van der Waals surface area contributed by atoms with E-state index in [1.54, 1.807) is 26.8 Å². The van der Waals surface area contributed by atoms with Crippen LogP contribution in [0.2, 0.25) is 18.1 Å². The van der Waals surface area contributed by atoms with Crippen molar-refractivity contribution in [2.24, 2.45) is 0 Å². The summed E-state index contributed by atoms with van der Waals surface area (Å²) in [5, 5.41) is 6.80. The summed E-state index contributed by atoms with van der Waals surface area (Å²) >= 11 is 0. The number of ether oxygens (including phenoxy) is 2. The maximum Gasteiger partial charge on any atom is 0.435 e. The van der Waals surface area contributed by atoms with E-state index in [0.717, 1.165) is 33.3 Å². The first kappa shape index (κ1) is 32.1. The van der Waals surface area contributed by atoms with Crippen molar-refractivity contribution in [1.29, 1.82) is 0 Å². The molecule has 4 rings (SSSR count). The van der Waals surface area contributed by atoms with Gasteiger partial charge in [0.25, 0.3) is 5.91 Å². The van der Waals surface area contributed by atoms with Crippen LogP contribution in [0, 0.1) is 0 Å². The summed E-state index contributed by atoms with van der Waals surface area (Å²) in [4.78, 5) is 45.1. The SMILES string of the molecule is CC[Si](CC)(CC)O[C@@H]1[C@@H](F)CN(C(=O)OCc2ccccc2)[C@H]1C(=O)Nc1ccc2c(cnn2C(=O)OC(C)(C)C)n1. The Kier molecular flexibility index (Phi) is 9.85. The number of aromatic nitrogens is 3. The fourth-order valence-electron chi connectivity index (χ4n) is 5.13. The standard InChI is InChI=1S/C30H40FN5O6Si/c1-7-43(8-2,9-3)42-26-21(31)18-35(28(38)40-19-20-13-11-10-12-14-20)25(26)27(37)34-24-16-15-23-22(33-24)17-32-36(23)29(39)41-30(4,5)6/h10-17,21,25-26H,7-9,18-19H2,1-6H3,(H,33,34,37)/t21-,25+,26+/m0/s1. The lowest BCUT2D eigenvalue weighted by Crippen LogP contribution is -2.52. The van der Waals surface area contributed by atoms with Crippen LogP contribution in [0.15, 0.2) is 48.7 Å². The van der Waals surface area contributed by atoms with E-state index in [0.29, 0.717) is 11.0 Å². The van der Waals surface area contributed by atoms with Crippen LogP contribution in [-0.4, -0.2) is 76.5 Å². The van der Waals surface area contributed by atoms with Gasteiger partial charge in [-0.25, -0.2) is 19.0 Å². The fourth-order valence-corrected chi connectivity index (χ4v) is 7.98. The highest BCUT2D eigenvalue weighted by molar-refractivity contribution is 6.73. The van der Waals surface area contributed by atoms with Gasteiger partial charge in [-0.2, -0.15) is 9.78 Å². The Morgan fingerprint density at radius 3 is 2.33 bits per heavy atom. The second-order valence-corrected chi connectivity index (χ2v) is 16.3. The highest BCUT2D eigenvalue weighted by atomic mass is 28.4. The average Bonchev–Trinajstić information content (AvgIpc) is 3.55. The van der Waals surface area contributed by atoms with Gasteiger partial charge in [0.1, 0.15) is 41.9 Å². The number of hydrogen-bond acceptors (Lipinski definition) is 8. The molecule has 2 amide bonds. The van der Waals surface area contributed by atoms with Gasteiger partial charge < -0.3 is 19.2 Å². The molecule has 0 aliphatic carbocycles. The zero-order valence-electron chi connectivity index (χ0n) is 25.5. The molecule has 3 heterocycles. The number of hydrogen-bond donors (Lipinski definition) is 1. The molecule has 0 bridgehead atoms. The van der Waals surface area contributed by atoms with Gasteiger partial charge in [-0.1, -0.05) is 51.1 Å². The zero-order valence-corrected chi connectivity index (χ0v) is 26.5. The van der Waals surface area contributed by atoms with Crippen molar-refractivity contribution in [3.8, 4) is 0 Å². The van der Waals surface area contributed by atoms with Crippen LogP contribution in [0.4, 0.5) is 19.8 Å². The number of benzene rings is 1. The van der Waals surface area contributed by atoms with Gasteiger partial charge in [0.15, 0.2) is 8.32 Å². The maximum atomic E-state index is 15.7. The predicted molar refractivity (Wildman–Crippen MR) is 162 cm³/mol. The molecule has 0 unspecified atom stereocenters. The number of nitrogens with one attached hydrogen (secondary N) is 1. The molecule has 1 aliphatic heterocycles. The molecule has 3 atom stereocenters. The summed E-state index contributed by atoms with van der Waals surface area (Å²) in [7, 11) is -2.37. The summed E-state index contributed by atoms with van der Waals surface area (Å²) in [6, 6.07) is 13.1. The molecule has 11 nitrogen and oxygen atoms in total. The van der Waals surface area contributed by atoms with E-state index in [-0.39, 0.29) is 19.0 Å². The van der Waals surface area contributed by atoms with E-state index in [4.69, 9.17) is 13.9 Å². The van der Waals surface area contributed by atoms with E-state index in [1.165, 1.54) is 12.3 Å². The lowest BCUT2D eigenvalue weighted by Gasteiger charge is -2.35. The van der Waals surface area contributed by atoms with Gasteiger partial charge in [-0.05, 0) is 56.6 Å². The number of carbonyl (C=O) groups is 3. The van der Waals surface area contributed by atoms with E-state index in [1.807, 2.05) is 51.1 Å². The van der Waals surface area contributed by atoms with Crippen LogP contribution in [0.3, 0.4) is 0 Å². The Morgan fingerprint density at radius 2 is 1.70 bits per heavy atom. The third-order valence-electron chi connectivity index (χ3n) is 7.65. The molecule has 1 aliphatic rings. The van der Waals surface area contributed by atoms with Crippen molar-refractivity contribution in [2.45, 2.75) is 90.2 Å². The first-order chi connectivity index (χ1) is 20.4. The maximum absolute atomic E-state index is 15.7. The Bertz CT molecular complexity index is 1430. The van der Waals surface area contributed by atoms with Crippen molar-refractivity contribution in [2.75, 3.05) is 11.9 Å². The molecule has 3 aromatic rings. The summed E-state index contributed by atoms with van der Waals surface area (Å²) < 4.78 is 34.1. The number of amides is 2. The minimum atomic E-state index is -2.37. The summed E-state index contributed by atoms with van der Waals surface area (Å²) in [6.07, 6.45) is -2.84. The lowest BCUT2D eigenvalue weighted by molar-refractivity contribution is -0.122. The second-order valence-electron chi connectivity index (χ2n) is 11.6. The Balaban J connectivity index is 1.59. The molecule has 0 spiro atoms. The van der Waals surface area contributed by atoms with Crippen molar-refractivity contribution in [3.63, 3.8) is 0 Å². The summed E-state index contributed by atoms with van der Waals surface area (Å²) in [5.41, 5.74) is 0.764. The molecule has 1 N–H and O–H groups in total. The number of anilines is 1. The van der Waals surface area contributed by atoms with E-state index in [2.05, 4.69) is 15.4 Å². The first-order valence-electron chi connectivity index (χ1n) is 14.6. The summed E-state index contributed by atoms with van der Waals surface area (Å²) in [6.45, 7) is 10.9. The van der Waals surface area contributed by atoms with Gasteiger partial charge in [0.2, 0.25) is 0 Å². The quantitative estimate of drug-likeness (QED) is 0.296. The topological polar surface area (TPSA) is 125 Å². The van der Waals surface area contributed by atoms with Gasteiger partial charge in [-0.15, -0.1) is 0 Å². The van der Waals surface area contributed by atoms with Gasteiger partial charge in [-0.3, -0.25) is 9.69 Å². The van der Waals surface area contributed by atoms with Crippen LogP contribution in [-0.2, 0) is 25.3 Å². The van der Waals surface area contributed by atoms with Crippen LogP contribution >= 0.6 is 0 Å².